The molecule has 2 aliphatic rings. The fraction of sp³-hybridized carbons (Fsp3) is 0.789. The lowest BCUT2D eigenvalue weighted by atomic mass is 10.0. The summed E-state index contributed by atoms with van der Waals surface area (Å²) in [4.78, 5) is 30.0. The Morgan fingerprint density at radius 1 is 1.08 bits per heavy atom. The van der Waals surface area contributed by atoms with Crippen LogP contribution in [0.3, 0.4) is 0 Å². The lowest BCUT2D eigenvalue weighted by Gasteiger charge is -2.27. The summed E-state index contributed by atoms with van der Waals surface area (Å²) < 4.78 is 0. The SMILES string of the molecule is CN(C)c1nc(CNC(=O)CCC2CCCC2)nc(N2CCCCC2)n1. The molecule has 1 saturated heterocycles. The van der Waals surface area contributed by atoms with E-state index >= 15 is 0 Å². The van der Waals surface area contributed by atoms with Crippen molar-refractivity contribution in [3.63, 3.8) is 0 Å². The minimum atomic E-state index is 0.100. The van der Waals surface area contributed by atoms with E-state index in [0.29, 0.717) is 24.7 Å². The number of carbonyl (C=O) groups is 1. The van der Waals surface area contributed by atoms with Gasteiger partial charge in [-0.15, -0.1) is 0 Å². The van der Waals surface area contributed by atoms with Gasteiger partial charge < -0.3 is 15.1 Å². The zero-order chi connectivity index (χ0) is 18.4. The van der Waals surface area contributed by atoms with Gasteiger partial charge in [-0.1, -0.05) is 25.7 Å². The highest BCUT2D eigenvalue weighted by molar-refractivity contribution is 5.75. The third kappa shape index (κ3) is 5.29. The van der Waals surface area contributed by atoms with Crippen molar-refractivity contribution in [1.29, 1.82) is 0 Å². The fourth-order valence-electron chi connectivity index (χ4n) is 3.81. The van der Waals surface area contributed by atoms with Crippen molar-refractivity contribution in [3.8, 4) is 0 Å². The summed E-state index contributed by atoms with van der Waals surface area (Å²) in [5.41, 5.74) is 0. The Morgan fingerprint density at radius 2 is 1.81 bits per heavy atom. The Hall–Kier alpha value is -1.92. The highest BCUT2D eigenvalue weighted by Gasteiger charge is 2.18. The molecule has 1 N–H and O–H groups in total. The third-order valence-electron chi connectivity index (χ3n) is 5.40. The summed E-state index contributed by atoms with van der Waals surface area (Å²) >= 11 is 0. The lowest BCUT2D eigenvalue weighted by molar-refractivity contribution is -0.121. The zero-order valence-electron chi connectivity index (χ0n) is 16.2. The summed E-state index contributed by atoms with van der Waals surface area (Å²) in [6, 6.07) is 0. The maximum atomic E-state index is 12.2. The number of carbonyl (C=O) groups excluding carboxylic acids is 1. The van der Waals surface area contributed by atoms with Gasteiger partial charge >= 0.3 is 0 Å². The van der Waals surface area contributed by atoms with Gasteiger partial charge in [0.05, 0.1) is 6.54 Å². The van der Waals surface area contributed by atoms with Crippen molar-refractivity contribution in [1.82, 2.24) is 20.3 Å². The number of aromatic nitrogens is 3. The summed E-state index contributed by atoms with van der Waals surface area (Å²) in [5, 5.41) is 2.99. The summed E-state index contributed by atoms with van der Waals surface area (Å²) in [6.07, 6.45) is 10.4. The number of anilines is 2. The molecule has 1 aromatic rings. The molecular weight excluding hydrogens is 328 g/mol. The number of rotatable bonds is 7. The maximum Gasteiger partial charge on any atom is 0.230 e. The van der Waals surface area contributed by atoms with Gasteiger partial charge in [-0.2, -0.15) is 15.0 Å². The van der Waals surface area contributed by atoms with Crippen molar-refractivity contribution in [2.45, 2.75) is 64.3 Å². The van der Waals surface area contributed by atoms with Crippen LogP contribution in [0.2, 0.25) is 0 Å². The summed E-state index contributed by atoms with van der Waals surface area (Å²) in [7, 11) is 3.86. The highest BCUT2D eigenvalue weighted by atomic mass is 16.1. The highest BCUT2D eigenvalue weighted by Crippen LogP contribution is 2.28. The molecule has 7 nitrogen and oxygen atoms in total. The van der Waals surface area contributed by atoms with Crippen LogP contribution in [0.4, 0.5) is 11.9 Å². The molecule has 0 aromatic carbocycles. The molecule has 0 atom stereocenters. The number of nitrogens with zero attached hydrogens (tertiary/aromatic N) is 5. The van der Waals surface area contributed by atoms with Gasteiger partial charge in [0.25, 0.3) is 0 Å². The number of hydrogen-bond donors (Lipinski definition) is 1. The van der Waals surface area contributed by atoms with Crippen molar-refractivity contribution >= 4 is 17.8 Å². The van der Waals surface area contributed by atoms with Crippen molar-refractivity contribution in [2.75, 3.05) is 37.0 Å². The van der Waals surface area contributed by atoms with E-state index in [1.165, 1.54) is 44.9 Å². The number of hydrogen-bond acceptors (Lipinski definition) is 6. The van der Waals surface area contributed by atoms with Crippen LogP contribution < -0.4 is 15.1 Å². The number of amides is 1. The Balaban J connectivity index is 1.58. The van der Waals surface area contributed by atoms with Crippen LogP contribution in [-0.4, -0.2) is 48.0 Å². The van der Waals surface area contributed by atoms with Crippen LogP contribution in [0.1, 0.15) is 63.6 Å². The van der Waals surface area contributed by atoms with Crippen LogP contribution in [0.25, 0.3) is 0 Å². The van der Waals surface area contributed by atoms with Crippen LogP contribution in [0.5, 0.6) is 0 Å². The third-order valence-corrected chi connectivity index (χ3v) is 5.40. The Kier molecular flexibility index (Phi) is 6.63. The van der Waals surface area contributed by atoms with E-state index in [-0.39, 0.29) is 5.91 Å². The first-order valence-corrected chi connectivity index (χ1v) is 10.1. The molecule has 1 aromatic heterocycles. The van der Waals surface area contributed by atoms with E-state index in [1.54, 1.807) is 0 Å². The monoisotopic (exact) mass is 360 g/mol. The molecule has 0 spiro atoms. The average Bonchev–Trinajstić information content (AvgIpc) is 3.19. The number of piperidine rings is 1. The molecule has 1 amide bonds. The molecule has 1 saturated carbocycles. The normalized spacial score (nSPS) is 18.2. The lowest BCUT2D eigenvalue weighted by Crippen LogP contribution is -2.33. The van der Waals surface area contributed by atoms with E-state index < -0.39 is 0 Å². The standard InChI is InChI=1S/C19H32N6O/c1-24(2)18-21-16(22-19(23-18)25-12-6-3-7-13-25)14-20-17(26)11-10-15-8-4-5-9-15/h15H,3-14H2,1-2H3,(H,20,26). The quantitative estimate of drug-likeness (QED) is 0.805. The molecule has 0 radical (unpaired) electrons. The Morgan fingerprint density at radius 3 is 2.50 bits per heavy atom. The molecule has 0 bridgehead atoms. The fourth-order valence-corrected chi connectivity index (χ4v) is 3.81. The second-order valence-electron chi connectivity index (χ2n) is 7.76. The van der Waals surface area contributed by atoms with E-state index in [2.05, 4.69) is 25.2 Å². The zero-order valence-corrected chi connectivity index (χ0v) is 16.2. The smallest absolute Gasteiger partial charge is 0.230 e. The van der Waals surface area contributed by atoms with Crippen LogP contribution in [-0.2, 0) is 11.3 Å². The van der Waals surface area contributed by atoms with Crippen LogP contribution in [0.15, 0.2) is 0 Å². The summed E-state index contributed by atoms with van der Waals surface area (Å²) in [5.74, 6) is 2.86. The van der Waals surface area contributed by atoms with Gasteiger partial charge in [-0.05, 0) is 31.6 Å². The predicted octanol–water partition coefficient (Wildman–Crippen LogP) is 2.51. The van der Waals surface area contributed by atoms with Gasteiger partial charge in [0.2, 0.25) is 17.8 Å². The van der Waals surface area contributed by atoms with E-state index in [9.17, 15) is 4.79 Å². The first-order valence-electron chi connectivity index (χ1n) is 10.1. The molecule has 3 rings (SSSR count). The van der Waals surface area contributed by atoms with E-state index in [0.717, 1.165) is 31.4 Å². The predicted molar refractivity (Wildman–Crippen MR) is 103 cm³/mol. The largest absolute Gasteiger partial charge is 0.349 e. The van der Waals surface area contributed by atoms with Crippen molar-refractivity contribution in [3.05, 3.63) is 5.82 Å². The van der Waals surface area contributed by atoms with Gasteiger partial charge in [0, 0.05) is 33.6 Å². The van der Waals surface area contributed by atoms with E-state index in [1.807, 2.05) is 19.0 Å². The molecule has 2 fully saturated rings. The van der Waals surface area contributed by atoms with Gasteiger partial charge in [0.1, 0.15) is 0 Å². The van der Waals surface area contributed by atoms with E-state index in [4.69, 9.17) is 0 Å². The van der Waals surface area contributed by atoms with Gasteiger partial charge in [-0.25, -0.2) is 0 Å². The van der Waals surface area contributed by atoms with Gasteiger partial charge in [-0.3, -0.25) is 4.79 Å². The summed E-state index contributed by atoms with van der Waals surface area (Å²) in [6.45, 7) is 2.35. The second-order valence-corrected chi connectivity index (χ2v) is 7.76. The molecule has 1 aliphatic carbocycles. The Bertz CT molecular complexity index is 594. The topological polar surface area (TPSA) is 74.2 Å². The number of nitrogens with one attached hydrogen (secondary N) is 1. The molecule has 2 heterocycles. The van der Waals surface area contributed by atoms with Crippen LogP contribution >= 0.6 is 0 Å². The maximum absolute atomic E-state index is 12.2. The first kappa shape index (κ1) is 18.9. The molecule has 1 aliphatic heterocycles. The molecule has 26 heavy (non-hydrogen) atoms. The van der Waals surface area contributed by atoms with Crippen LogP contribution in [0, 0.1) is 5.92 Å². The second kappa shape index (κ2) is 9.14. The first-order chi connectivity index (χ1) is 12.6. The average molecular weight is 361 g/mol. The van der Waals surface area contributed by atoms with Crippen molar-refractivity contribution < 1.29 is 4.79 Å². The minimum Gasteiger partial charge on any atom is -0.349 e. The molecule has 144 valence electrons. The Labute approximate surface area is 156 Å². The molecular formula is C19H32N6O. The molecule has 0 unspecified atom stereocenters. The van der Waals surface area contributed by atoms with Crippen molar-refractivity contribution in [2.24, 2.45) is 5.92 Å². The minimum absolute atomic E-state index is 0.100. The molecule has 7 heteroatoms. The van der Waals surface area contributed by atoms with Gasteiger partial charge in [0.15, 0.2) is 5.82 Å².